The van der Waals surface area contributed by atoms with E-state index in [9.17, 15) is 9.59 Å². The van der Waals surface area contributed by atoms with Crippen molar-refractivity contribution in [2.75, 3.05) is 0 Å². The minimum Gasteiger partial charge on any atom is -0.436 e. The Balaban J connectivity index is 4.08. The van der Waals surface area contributed by atoms with Gasteiger partial charge in [0.15, 0.2) is 0 Å². The molecular formula is C9H13NO3. The molecule has 0 heterocycles. The molecule has 1 atom stereocenters. The summed E-state index contributed by atoms with van der Waals surface area (Å²) >= 11 is 0. The predicted octanol–water partition coefficient (Wildman–Crippen LogP) is 1.57. The quantitative estimate of drug-likeness (QED) is 0.281. The normalized spacial score (nSPS) is 12.2. The number of hydrogen-bond donors (Lipinski definition) is 0. The van der Waals surface area contributed by atoms with Crippen molar-refractivity contribution in [3.05, 3.63) is 12.2 Å². The van der Waals surface area contributed by atoms with Gasteiger partial charge in [-0.3, -0.25) is 0 Å². The summed E-state index contributed by atoms with van der Waals surface area (Å²) in [5.41, 5.74) is 0. The number of carbonyl (C=O) groups excluding carboxylic acids is 2. The van der Waals surface area contributed by atoms with E-state index >= 15 is 0 Å². The van der Waals surface area contributed by atoms with Gasteiger partial charge in [0.05, 0.1) is 0 Å². The highest BCUT2D eigenvalue weighted by molar-refractivity contribution is 5.81. The number of carbonyl (C=O) groups is 1. The first-order valence-corrected chi connectivity index (χ1v) is 4.14. The standard InChI is InChI=1S/C9H13NO3/c1-3-5-8(10-7-11)13-9(12)6-4-2/h4,6,8H,3,5H2,1-2H3/b6-4+. The van der Waals surface area contributed by atoms with Crippen LogP contribution in [0.3, 0.4) is 0 Å². The van der Waals surface area contributed by atoms with Crippen LogP contribution in [0.4, 0.5) is 0 Å². The summed E-state index contributed by atoms with van der Waals surface area (Å²) in [5.74, 6) is -0.486. The Bertz CT molecular complexity index is 229. The second-order valence-corrected chi connectivity index (χ2v) is 2.40. The average molecular weight is 183 g/mol. The maximum absolute atomic E-state index is 10.9. The highest BCUT2D eigenvalue weighted by Crippen LogP contribution is 2.03. The molecule has 72 valence electrons. The molecule has 0 amide bonds. The first-order chi connectivity index (χ1) is 6.24. The number of ether oxygens (including phenoxy) is 1. The maximum atomic E-state index is 10.9. The van der Waals surface area contributed by atoms with Crippen molar-refractivity contribution in [1.29, 1.82) is 0 Å². The molecule has 0 spiro atoms. The minimum absolute atomic E-state index is 0.486. The molecular weight excluding hydrogens is 170 g/mol. The molecule has 13 heavy (non-hydrogen) atoms. The number of nitrogens with zero attached hydrogens (tertiary/aromatic N) is 1. The van der Waals surface area contributed by atoms with Crippen LogP contribution in [0.5, 0.6) is 0 Å². The van der Waals surface area contributed by atoms with Gasteiger partial charge >= 0.3 is 5.97 Å². The Morgan fingerprint density at radius 2 is 2.38 bits per heavy atom. The molecule has 1 unspecified atom stereocenters. The van der Waals surface area contributed by atoms with Gasteiger partial charge in [0, 0.05) is 12.5 Å². The number of esters is 1. The lowest BCUT2D eigenvalue weighted by atomic mass is 10.3. The van der Waals surface area contributed by atoms with Gasteiger partial charge in [-0.25, -0.2) is 9.59 Å². The fourth-order valence-corrected chi connectivity index (χ4v) is 0.765. The minimum atomic E-state index is -0.689. The Hall–Kier alpha value is -1.41. The highest BCUT2D eigenvalue weighted by Gasteiger charge is 2.08. The van der Waals surface area contributed by atoms with Gasteiger partial charge in [0.1, 0.15) is 0 Å². The summed E-state index contributed by atoms with van der Waals surface area (Å²) in [4.78, 5) is 24.2. The van der Waals surface area contributed by atoms with Gasteiger partial charge in [-0.2, -0.15) is 4.99 Å². The van der Waals surface area contributed by atoms with Crippen molar-refractivity contribution in [2.45, 2.75) is 32.9 Å². The molecule has 0 aromatic heterocycles. The largest absolute Gasteiger partial charge is 0.436 e. The molecule has 0 N–H and O–H groups in total. The molecule has 0 aliphatic heterocycles. The molecule has 0 radical (unpaired) electrons. The summed E-state index contributed by atoms with van der Waals surface area (Å²) in [6.45, 7) is 3.62. The maximum Gasteiger partial charge on any atom is 0.332 e. The van der Waals surface area contributed by atoms with Crippen LogP contribution in [-0.2, 0) is 14.3 Å². The smallest absolute Gasteiger partial charge is 0.332 e. The van der Waals surface area contributed by atoms with Gasteiger partial charge < -0.3 is 4.74 Å². The highest BCUT2D eigenvalue weighted by atomic mass is 16.6. The predicted molar refractivity (Wildman–Crippen MR) is 47.7 cm³/mol. The third-order valence-corrected chi connectivity index (χ3v) is 1.29. The fraction of sp³-hybridized carbons (Fsp3) is 0.556. The lowest BCUT2D eigenvalue weighted by molar-refractivity contribution is -0.142. The molecule has 0 bridgehead atoms. The first-order valence-electron chi connectivity index (χ1n) is 4.14. The van der Waals surface area contributed by atoms with Gasteiger partial charge in [0.2, 0.25) is 12.3 Å². The molecule has 0 aliphatic carbocycles. The van der Waals surface area contributed by atoms with Crippen LogP contribution in [0.1, 0.15) is 26.7 Å². The van der Waals surface area contributed by atoms with Crippen molar-refractivity contribution in [2.24, 2.45) is 4.99 Å². The number of hydrogen-bond acceptors (Lipinski definition) is 4. The Morgan fingerprint density at radius 3 is 2.85 bits per heavy atom. The van der Waals surface area contributed by atoms with E-state index in [1.807, 2.05) is 6.92 Å². The summed E-state index contributed by atoms with van der Waals surface area (Å²) in [5, 5.41) is 0. The van der Waals surface area contributed by atoms with Gasteiger partial charge in [-0.05, 0) is 6.92 Å². The van der Waals surface area contributed by atoms with Crippen LogP contribution in [0.25, 0.3) is 0 Å². The summed E-state index contributed by atoms with van der Waals surface area (Å²) < 4.78 is 4.82. The van der Waals surface area contributed by atoms with E-state index in [1.165, 1.54) is 12.2 Å². The van der Waals surface area contributed by atoms with Gasteiger partial charge in [-0.15, -0.1) is 0 Å². The van der Waals surface area contributed by atoms with Crippen LogP contribution in [0.15, 0.2) is 17.1 Å². The number of isocyanates is 1. The summed E-state index contributed by atoms with van der Waals surface area (Å²) in [6.07, 6.45) is 4.86. The third-order valence-electron chi connectivity index (χ3n) is 1.29. The van der Waals surface area contributed by atoms with E-state index < -0.39 is 12.2 Å². The van der Waals surface area contributed by atoms with E-state index in [0.29, 0.717) is 6.42 Å². The molecule has 0 saturated heterocycles. The van der Waals surface area contributed by atoms with Crippen molar-refractivity contribution in [3.63, 3.8) is 0 Å². The van der Waals surface area contributed by atoms with Crippen LogP contribution >= 0.6 is 0 Å². The van der Waals surface area contributed by atoms with Crippen molar-refractivity contribution in [3.8, 4) is 0 Å². The third kappa shape index (κ3) is 5.82. The van der Waals surface area contributed by atoms with E-state index in [2.05, 4.69) is 4.99 Å². The van der Waals surface area contributed by atoms with Crippen LogP contribution in [0.2, 0.25) is 0 Å². The zero-order chi connectivity index (χ0) is 10.1. The lowest BCUT2D eigenvalue weighted by Crippen LogP contribution is -2.13. The molecule has 4 nitrogen and oxygen atoms in total. The Morgan fingerprint density at radius 1 is 1.69 bits per heavy atom. The van der Waals surface area contributed by atoms with Gasteiger partial charge in [-0.1, -0.05) is 19.4 Å². The van der Waals surface area contributed by atoms with E-state index in [-0.39, 0.29) is 0 Å². The van der Waals surface area contributed by atoms with Crippen LogP contribution < -0.4 is 0 Å². The molecule has 0 aromatic carbocycles. The Kier molecular flexibility index (Phi) is 6.46. The fourth-order valence-electron chi connectivity index (χ4n) is 0.765. The number of rotatable bonds is 5. The monoisotopic (exact) mass is 183 g/mol. The molecule has 0 saturated carbocycles. The molecule has 4 heteroatoms. The van der Waals surface area contributed by atoms with E-state index in [1.54, 1.807) is 13.0 Å². The van der Waals surface area contributed by atoms with E-state index in [0.717, 1.165) is 6.42 Å². The summed E-state index contributed by atoms with van der Waals surface area (Å²) in [6, 6.07) is 0. The van der Waals surface area contributed by atoms with Crippen molar-refractivity contribution >= 4 is 12.0 Å². The van der Waals surface area contributed by atoms with Crippen molar-refractivity contribution < 1.29 is 14.3 Å². The molecule has 0 rings (SSSR count). The molecule has 0 fully saturated rings. The Labute approximate surface area is 77.3 Å². The SMILES string of the molecule is C/C=C/C(=O)OC(CCC)N=C=O. The number of allylic oxidation sites excluding steroid dienone is 1. The first kappa shape index (κ1) is 11.6. The summed E-state index contributed by atoms with van der Waals surface area (Å²) in [7, 11) is 0. The zero-order valence-electron chi connectivity index (χ0n) is 7.82. The van der Waals surface area contributed by atoms with Crippen LogP contribution in [-0.4, -0.2) is 18.3 Å². The van der Waals surface area contributed by atoms with E-state index in [4.69, 9.17) is 4.74 Å². The van der Waals surface area contributed by atoms with Crippen LogP contribution in [0, 0.1) is 0 Å². The van der Waals surface area contributed by atoms with Gasteiger partial charge in [0.25, 0.3) is 0 Å². The number of aliphatic imine (C=N–C) groups is 1. The lowest BCUT2D eigenvalue weighted by Gasteiger charge is -2.08. The zero-order valence-corrected chi connectivity index (χ0v) is 7.82. The van der Waals surface area contributed by atoms with Crippen molar-refractivity contribution in [1.82, 2.24) is 0 Å². The second kappa shape index (κ2) is 7.25. The topological polar surface area (TPSA) is 55.7 Å². The molecule has 0 aromatic rings. The second-order valence-electron chi connectivity index (χ2n) is 2.40. The average Bonchev–Trinajstić information content (AvgIpc) is 2.05. The molecule has 0 aliphatic rings.